The van der Waals surface area contributed by atoms with Gasteiger partial charge >= 0.3 is 0 Å². The molecular weight excluding hydrogens is 215 g/mol. The number of benzene rings is 1. The Morgan fingerprint density at radius 1 is 1.24 bits per heavy atom. The van der Waals surface area contributed by atoms with Gasteiger partial charge in [0.15, 0.2) is 0 Å². The van der Waals surface area contributed by atoms with Gasteiger partial charge in [0.25, 0.3) is 0 Å². The zero-order chi connectivity index (χ0) is 11.7. The van der Waals surface area contributed by atoms with E-state index in [2.05, 4.69) is 16.3 Å². The summed E-state index contributed by atoms with van der Waals surface area (Å²) in [5.41, 5.74) is 2.19. The minimum atomic E-state index is -0.0117. The van der Waals surface area contributed by atoms with Gasteiger partial charge in [-0.1, -0.05) is 12.1 Å². The molecule has 1 aromatic carbocycles. The summed E-state index contributed by atoms with van der Waals surface area (Å²) in [6.45, 7) is 4.28. The molecule has 2 aliphatic rings. The van der Waals surface area contributed by atoms with Crippen molar-refractivity contribution in [3.05, 3.63) is 35.1 Å². The number of rotatable bonds is 1. The van der Waals surface area contributed by atoms with Crippen molar-refractivity contribution in [1.29, 1.82) is 0 Å². The molecule has 0 radical (unpaired) electrons. The van der Waals surface area contributed by atoms with Gasteiger partial charge in [0.05, 0.1) is 0 Å². The van der Waals surface area contributed by atoms with E-state index in [1.165, 1.54) is 12.0 Å². The fraction of sp³-hybridized carbons (Fsp3) is 0.571. The third kappa shape index (κ3) is 2.09. The van der Waals surface area contributed by atoms with Gasteiger partial charge in [0, 0.05) is 32.2 Å². The molecule has 3 heteroatoms. The second-order valence-electron chi connectivity index (χ2n) is 5.00. The molecule has 1 aliphatic heterocycles. The molecule has 0 saturated carbocycles. The Bertz CT molecular complexity index is 399. The van der Waals surface area contributed by atoms with Crippen LogP contribution in [0.4, 0.5) is 4.39 Å². The van der Waals surface area contributed by atoms with E-state index in [0.29, 0.717) is 6.04 Å². The number of nitrogens with one attached hydrogen (secondary N) is 1. The van der Waals surface area contributed by atoms with Crippen LogP contribution in [0.15, 0.2) is 18.2 Å². The maximum absolute atomic E-state index is 13.8. The number of nitrogens with zero attached hydrogens (tertiary/aromatic N) is 1. The van der Waals surface area contributed by atoms with Crippen molar-refractivity contribution in [3.63, 3.8) is 0 Å². The zero-order valence-corrected chi connectivity index (χ0v) is 10.1. The van der Waals surface area contributed by atoms with Crippen molar-refractivity contribution in [2.24, 2.45) is 0 Å². The summed E-state index contributed by atoms with van der Waals surface area (Å²) >= 11 is 0. The lowest BCUT2D eigenvalue weighted by molar-refractivity contribution is 0.157. The minimum Gasteiger partial charge on any atom is -0.314 e. The van der Waals surface area contributed by atoms with Gasteiger partial charge in [-0.2, -0.15) is 0 Å². The molecule has 17 heavy (non-hydrogen) atoms. The van der Waals surface area contributed by atoms with Crippen molar-refractivity contribution < 1.29 is 4.39 Å². The van der Waals surface area contributed by atoms with Gasteiger partial charge in [-0.05, 0) is 36.5 Å². The van der Waals surface area contributed by atoms with E-state index < -0.39 is 0 Å². The van der Waals surface area contributed by atoms with Crippen molar-refractivity contribution in [2.75, 3.05) is 26.2 Å². The van der Waals surface area contributed by atoms with Crippen molar-refractivity contribution >= 4 is 0 Å². The van der Waals surface area contributed by atoms with Crippen LogP contribution in [0.2, 0.25) is 0 Å². The Morgan fingerprint density at radius 2 is 2.06 bits per heavy atom. The number of halogens is 1. The van der Waals surface area contributed by atoms with Crippen molar-refractivity contribution in [1.82, 2.24) is 10.2 Å². The highest BCUT2D eigenvalue weighted by atomic mass is 19.1. The molecule has 0 aromatic heterocycles. The molecule has 3 rings (SSSR count). The fourth-order valence-corrected chi connectivity index (χ4v) is 3.15. The highest BCUT2D eigenvalue weighted by Crippen LogP contribution is 2.35. The molecule has 0 bridgehead atoms. The highest BCUT2D eigenvalue weighted by molar-refractivity contribution is 5.33. The monoisotopic (exact) mass is 234 g/mol. The molecule has 1 unspecified atom stereocenters. The van der Waals surface area contributed by atoms with Crippen LogP contribution < -0.4 is 5.32 Å². The SMILES string of the molecule is Fc1cccc2c1CCCC2N1CCNCC1. The molecule has 0 amide bonds. The molecule has 1 heterocycles. The predicted octanol–water partition coefficient (Wildman–Crippen LogP) is 2.11. The fourth-order valence-electron chi connectivity index (χ4n) is 3.15. The highest BCUT2D eigenvalue weighted by Gasteiger charge is 2.27. The van der Waals surface area contributed by atoms with E-state index in [4.69, 9.17) is 0 Å². The van der Waals surface area contributed by atoms with Crippen LogP contribution in [0, 0.1) is 5.82 Å². The predicted molar refractivity (Wildman–Crippen MR) is 66.5 cm³/mol. The summed E-state index contributed by atoms with van der Waals surface area (Å²) in [5, 5.41) is 3.37. The third-order valence-electron chi connectivity index (χ3n) is 4.01. The van der Waals surface area contributed by atoms with Crippen LogP contribution >= 0.6 is 0 Å². The second-order valence-corrected chi connectivity index (χ2v) is 5.00. The first-order valence-electron chi connectivity index (χ1n) is 6.58. The Kier molecular flexibility index (Phi) is 3.12. The first-order chi connectivity index (χ1) is 8.36. The lowest BCUT2D eigenvalue weighted by Crippen LogP contribution is -2.45. The Labute approximate surface area is 102 Å². The number of hydrogen-bond acceptors (Lipinski definition) is 2. The van der Waals surface area contributed by atoms with Crippen LogP contribution in [0.1, 0.15) is 30.0 Å². The standard InChI is InChI=1S/C14H19FN2/c15-13-5-1-4-12-11(13)3-2-6-14(12)17-9-7-16-8-10-17/h1,4-5,14,16H,2-3,6-10H2. The van der Waals surface area contributed by atoms with E-state index in [9.17, 15) is 4.39 Å². The molecule has 1 atom stereocenters. The smallest absolute Gasteiger partial charge is 0.126 e. The van der Waals surface area contributed by atoms with E-state index in [-0.39, 0.29) is 5.82 Å². The molecule has 92 valence electrons. The number of piperazine rings is 1. The summed E-state index contributed by atoms with van der Waals surface area (Å²) in [6.07, 6.45) is 3.20. The average Bonchev–Trinajstić information content (AvgIpc) is 2.40. The van der Waals surface area contributed by atoms with Crippen molar-refractivity contribution in [2.45, 2.75) is 25.3 Å². The van der Waals surface area contributed by atoms with Crippen LogP contribution in [0.25, 0.3) is 0 Å². The Hall–Kier alpha value is -0.930. The lowest BCUT2D eigenvalue weighted by Gasteiger charge is -2.38. The summed E-state index contributed by atoms with van der Waals surface area (Å²) in [4.78, 5) is 2.51. The van der Waals surface area contributed by atoms with Crippen LogP contribution in [-0.2, 0) is 6.42 Å². The summed E-state index contributed by atoms with van der Waals surface area (Å²) in [5.74, 6) is -0.0117. The third-order valence-corrected chi connectivity index (χ3v) is 4.01. The van der Waals surface area contributed by atoms with Gasteiger partial charge in [-0.25, -0.2) is 4.39 Å². The average molecular weight is 234 g/mol. The molecule has 0 spiro atoms. The molecule has 2 nitrogen and oxygen atoms in total. The van der Waals surface area contributed by atoms with Crippen LogP contribution in [-0.4, -0.2) is 31.1 Å². The topological polar surface area (TPSA) is 15.3 Å². The summed E-state index contributed by atoms with van der Waals surface area (Å²) in [7, 11) is 0. The van der Waals surface area contributed by atoms with E-state index in [1.807, 2.05) is 6.07 Å². The van der Waals surface area contributed by atoms with E-state index in [1.54, 1.807) is 6.07 Å². The van der Waals surface area contributed by atoms with Gasteiger partial charge in [0.2, 0.25) is 0 Å². The first kappa shape index (κ1) is 11.2. The molecule has 1 aromatic rings. The quantitative estimate of drug-likeness (QED) is 0.800. The van der Waals surface area contributed by atoms with Gasteiger partial charge in [-0.3, -0.25) is 4.90 Å². The molecule has 1 aliphatic carbocycles. The Balaban J connectivity index is 1.90. The lowest BCUT2D eigenvalue weighted by atomic mass is 9.86. The molecule has 1 N–H and O–H groups in total. The van der Waals surface area contributed by atoms with Gasteiger partial charge < -0.3 is 5.32 Å². The first-order valence-corrected chi connectivity index (χ1v) is 6.58. The maximum atomic E-state index is 13.8. The normalized spacial score (nSPS) is 25.6. The summed E-state index contributed by atoms with van der Waals surface area (Å²) < 4.78 is 13.8. The zero-order valence-electron chi connectivity index (χ0n) is 10.1. The maximum Gasteiger partial charge on any atom is 0.126 e. The number of fused-ring (bicyclic) bond motifs is 1. The number of hydrogen-bond donors (Lipinski definition) is 1. The van der Waals surface area contributed by atoms with Gasteiger partial charge in [0.1, 0.15) is 5.82 Å². The summed E-state index contributed by atoms with van der Waals surface area (Å²) in [6, 6.07) is 6.01. The molecule has 1 fully saturated rings. The van der Waals surface area contributed by atoms with Crippen molar-refractivity contribution in [3.8, 4) is 0 Å². The van der Waals surface area contributed by atoms with Gasteiger partial charge in [-0.15, -0.1) is 0 Å². The Morgan fingerprint density at radius 3 is 2.88 bits per heavy atom. The molecule has 1 saturated heterocycles. The van der Waals surface area contributed by atoms with E-state index >= 15 is 0 Å². The van der Waals surface area contributed by atoms with Crippen LogP contribution in [0.5, 0.6) is 0 Å². The largest absolute Gasteiger partial charge is 0.314 e. The second kappa shape index (κ2) is 4.75. The van der Waals surface area contributed by atoms with Crippen LogP contribution in [0.3, 0.4) is 0 Å². The molecular formula is C14H19FN2. The van der Waals surface area contributed by atoms with E-state index in [0.717, 1.165) is 44.6 Å². The minimum absolute atomic E-state index is 0.0117.